The zero-order valence-corrected chi connectivity index (χ0v) is 30.1. The molecule has 10 nitrogen and oxygen atoms in total. The van der Waals surface area contributed by atoms with Crippen molar-refractivity contribution in [1.29, 1.82) is 0 Å². The number of carbonyl (C=O) groups excluding carboxylic acids is 3. The number of hydrogen-bond acceptors (Lipinski definition) is 9. The first-order valence-corrected chi connectivity index (χ1v) is 17.5. The average Bonchev–Trinajstić information content (AvgIpc) is 3.71. The molecule has 0 unspecified atom stereocenters. The van der Waals surface area contributed by atoms with Crippen LogP contribution in [0.1, 0.15) is 81.8 Å². The van der Waals surface area contributed by atoms with Gasteiger partial charge in [-0.15, -0.1) is 0 Å². The molecule has 2 saturated heterocycles. The van der Waals surface area contributed by atoms with E-state index in [4.69, 9.17) is 9.84 Å². The van der Waals surface area contributed by atoms with Crippen molar-refractivity contribution in [3.05, 3.63) is 89.0 Å². The lowest BCUT2D eigenvalue weighted by molar-refractivity contribution is -0.293. The lowest BCUT2D eigenvalue weighted by Crippen LogP contribution is -2.53. The molecule has 0 radical (unpaired) electrons. The van der Waals surface area contributed by atoms with Crippen molar-refractivity contribution in [2.75, 3.05) is 32.7 Å². The van der Waals surface area contributed by atoms with E-state index in [1.165, 1.54) is 23.4 Å². The second-order valence-corrected chi connectivity index (χ2v) is 14.6. The smallest absolute Gasteiger partial charge is 0.446 e. The largest absolute Gasteiger partial charge is 0.495 e. The Kier molecular flexibility index (Phi) is 11.8. The number of benzene rings is 2. The number of aromatic nitrogens is 2. The summed E-state index contributed by atoms with van der Waals surface area (Å²) in [6.07, 6.45) is -2.69. The van der Waals surface area contributed by atoms with Gasteiger partial charge in [-0.1, -0.05) is 42.5 Å². The molecule has 2 aromatic carbocycles. The van der Waals surface area contributed by atoms with Gasteiger partial charge >= 0.3 is 24.1 Å². The highest BCUT2D eigenvalue weighted by Crippen LogP contribution is 2.39. The van der Waals surface area contributed by atoms with Crippen molar-refractivity contribution in [2.45, 2.75) is 89.6 Å². The zero-order valence-electron chi connectivity index (χ0n) is 30.1. The van der Waals surface area contributed by atoms with Crippen molar-refractivity contribution in [2.24, 2.45) is 5.92 Å². The van der Waals surface area contributed by atoms with E-state index in [-0.39, 0.29) is 17.7 Å². The molecule has 52 heavy (non-hydrogen) atoms. The van der Waals surface area contributed by atoms with Gasteiger partial charge in [0.2, 0.25) is 5.60 Å². The Bertz CT molecular complexity index is 1720. The topological polar surface area (TPSA) is 103 Å². The van der Waals surface area contributed by atoms with Crippen LogP contribution in [0.15, 0.2) is 60.7 Å². The van der Waals surface area contributed by atoms with E-state index in [1.807, 2.05) is 29.2 Å². The van der Waals surface area contributed by atoms with Crippen LogP contribution in [0.25, 0.3) is 0 Å². The van der Waals surface area contributed by atoms with E-state index in [1.54, 1.807) is 19.9 Å². The summed E-state index contributed by atoms with van der Waals surface area (Å²) in [5, 5.41) is 4.90. The first kappa shape index (κ1) is 38.9. The molecule has 1 aromatic heterocycles. The van der Waals surface area contributed by atoms with Crippen molar-refractivity contribution in [3.8, 4) is 0 Å². The summed E-state index contributed by atoms with van der Waals surface area (Å²) in [4.78, 5) is 49.0. The number of halogens is 4. The molecule has 0 spiro atoms. The van der Waals surface area contributed by atoms with Gasteiger partial charge in [0.05, 0.1) is 5.69 Å². The van der Waals surface area contributed by atoms with Gasteiger partial charge in [0, 0.05) is 50.1 Å². The quantitative estimate of drug-likeness (QED) is 0.0989. The van der Waals surface area contributed by atoms with Crippen LogP contribution >= 0.6 is 0 Å². The van der Waals surface area contributed by atoms with Gasteiger partial charge in [-0.2, -0.15) is 18.3 Å². The number of carbonyl (C=O) groups is 3. The molecule has 2 fully saturated rings. The fourth-order valence-electron chi connectivity index (χ4n) is 7.08. The molecular weight excluding hydrogens is 684 g/mol. The van der Waals surface area contributed by atoms with E-state index < -0.39 is 35.2 Å². The molecule has 2 atom stereocenters. The van der Waals surface area contributed by atoms with Gasteiger partial charge in [-0.3, -0.25) is 14.4 Å². The first-order valence-electron chi connectivity index (χ1n) is 17.5. The molecular formula is C38H46F4N4O6. The normalized spacial score (nSPS) is 19.4. The Balaban J connectivity index is 1.24. The number of nitrogens with zero attached hydrogens (tertiary/aromatic N) is 4. The second kappa shape index (κ2) is 15.7. The molecule has 0 bridgehead atoms. The Morgan fingerprint density at radius 1 is 0.865 bits per heavy atom. The summed E-state index contributed by atoms with van der Waals surface area (Å²) >= 11 is 0. The van der Waals surface area contributed by atoms with E-state index >= 15 is 0 Å². The van der Waals surface area contributed by atoms with Crippen molar-refractivity contribution in [1.82, 2.24) is 19.6 Å². The van der Waals surface area contributed by atoms with Gasteiger partial charge in [-0.25, -0.2) is 23.8 Å². The molecule has 282 valence electrons. The number of ether oxygens (including phenoxy) is 1. The third-order valence-electron chi connectivity index (χ3n) is 10.2. The Morgan fingerprint density at radius 3 is 2.17 bits per heavy atom. The summed E-state index contributed by atoms with van der Waals surface area (Å²) < 4.78 is 59.5. The number of rotatable bonds is 11. The van der Waals surface area contributed by atoms with Crippen LogP contribution in [-0.4, -0.2) is 87.5 Å². The van der Waals surface area contributed by atoms with Gasteiger partial charge in [0.25, 0.3) is 0 Å². The molecule has 0 saturated carbocycles. The standard InChI is InChI=1S/C38H46F4N4O6/c1-6-46-32(21-30(43-46)19-25-11-8-7-9-12-25)26-15-17-44(18-16-26)22-28-23-45(24-31(28)27-13-10-14-29(39)20-27)36(2,3)33(47)50-37(4,5)34(48)51-52-35(49)38(40,41)42/h7-14,20-21,26,28,31H,6,15-19,22-24H2,1-5H3/t28-,31+/m0/s1. The highest BCUT2D eigenvalue weighted by Gasteiger charge is 2.49. The summed E-state index contributed by atoms with van der Waals surface area (Å²) in [7, 11) is 0. The number of piperidine rings is 1. The fraction of sp³-hybridized carbons (Fsp3) is 0.526. The summed E-state index contributed by atoms with van der Waals surface area (Å²) in [5.74, 6) is -5.15. The van der Waals surface area contributed by atoms with E-state index in [0.29, 0.717) is 25.6 Å². The van der Waals surface area contributed by atoms with Crippen molar-refractivity contribution in [3.63, 3.8) is 0 Å². The van der Waals surface area contributed by atoms with Crippen molar-refractivity contribution >= 4 is 17.9 Å². The lowest BCUT2D eigenvalue weighted by atomic mass is 9.87. The molecule has 0 N–H and O–H groups in total. The van der Waals surface area contributed by atoms with E-state index in [0.717, 1.165) is 64.0 Å². The maximum Gasteiger partial charge on any atom is 0.495 e. The van der Waals surface area contributed by atoms with Gasteiger partial charge in [0.1, 0.15) is 11.4 Å². The molecule has 3 aromatic rings. The maximum atomic E-state index is 14.5. The minimum Gasteiger partial charge on any atom is -0.446 e. The minimum absolute atomic E-state index is 0.0174. The number of alkyl halides is 3. The third kappa shape index (κ3) is 9.19. The van der Waals surface area contributed by atoms with Crippen LogP contribution in [0.2, 0.25) is 0 Å². The predicted molar refractivity (Wildman–Crippen MR) is 182 cm³/mol. The third-order valence-corrected chi connectivity index (χ3v) is 10.2. The van der Waals surface area contributed by atoms with Crippen LogP contribution in [0.3, 0.4) is 0 Å². The monoisotopic (exact) mass is 730 g/mol. The highest BCUT2D eigenvalue weighted by molar-refractivity contribution is 5.86. The predicted octanol–water partition coefficient (Wildman–Crippen LogP) is 6.19. The van der Waals surface area contributed by atoms with Gasteiger partial charge < -0.3 is 9.64 Å². The molecule has 0 amide bonds. The average molecular weight is 731 g/mol. The summed E-state index contributed by atoms with van der Waals surface area (Å²) in [6, 6.07) is 19.0. The van der Waals surface area contributed by atoms with Crippen molar-refractivity contribution < 1.29 is 46.5 Å². The van der Waals surface area contributed by atoms with Crippen LogP contribution in [0.4, 0.5) is 17.6 Å². The minimum atomic E-state index is -5.38. The fourth-order valence-corrected chi connectivity index (χ4v) is 7.08. The zero-order chi connectivity index (χ0) is 37.8. The van der Waals surface area contributed by atoms with Gasteiger partial charge in [-0.05, 0) is 95.8 Å². The van der Waals surface area contributed by atoms with Crippen LogP contribution in [-0.2, 0) is 41.9 Å². The van der Waals surface area contributed by atoms with Gasteiger partial charge in [0.15, 0.2) is 0 Å². The second-order valence-electron chi connectivity index (χ2n) is 14.6. The number of aryl methyl sites for hydroxylation is 1. The maximum absolute atomic E-state index is 14.5. The number of likely N-dealkylation sites (tertiary alicyclic amines) is 2. The van der Waals surface area contributed by atoms with Crippen LogP contribution < -0.4 is 0 Å². The molecule has 14 heteroatoms. The highest BCUT2D eigenvalue weighted by atomic mass is 19.4. The summed E-state index contributed by atoms with van der Waals surface area (Å²) in [5.41, 5.74) is 0.951. The Hall–Kier alpha value is -4.30. The Morgan fingerprint density at radius 2 is 1.54 bits per heavy atom. The lowest BCUT2D eigenvalue weighted by Gasteiger charge is -2.36. The molecule has 3 heterocycles. The van der Waals surface area contributed by atoms with E-state index in [2.05, 4.69) is 44.5 Å². The SMILES string of the molecule is CCn1nc(Cc2ccccc2)cc1C1CCN(C[C@H]2CN(C(C)(C)C(=O)OC(C)(C)C(=O)OOC(=O)C(F)(F)F)C[C@@H]2c2cccc(F)c2)CC1. The molecule has 5 rings (SSSR count). The van der Waals surface area contributed by atoms with Crippen LogP contribution in [0.5, 0.6) is 0 Å². The van der Waals surface area contributed by atoms with Crippen LogP contribution in [0, 0.1) is 11.7 Å². The summed E-state index contributed by atoms with van der Waals surface area (Å²) in [6.45, 7) is 11.7. The molecule has 0 aliphatic carbocycles. The number of hydrogen-bond donors (Lipinski definition) is 0. The number of esters is 1. The van der Waals surface area contributed by atoms with E-state index in [9.17, 15) is 31.9 Å². The first-order chi connectivity index (χ1) is 24.5. The molecule has 2 aliphatic rings. The molecule has 2 aliphatic heterocycles. The Labute approximate surface area is 300 Å².